The third kappa shape index (κ3) is 1.67. The summed E-state index contributed by atoms with van der Waals surface area (Å²) in [5.74, 6) is 0.0888. The van der Waals surface area contributed by atoms with Crippen LogP contribution in [-0.2, 0) is 0 Å². The highest BCUT2D eigenvalue weighted by atomic mass is 19.1. The molecule has 0 aliphatic carbocycles. The van der Waals surface area contributed by atoms with Gasteiger partial charge in [0.05, 0.1) is 12.5 Å². The van der Waals surface area contributed by atoms with Gasteiger partial charge in [-0.25, -0.2) is 4.98 Å². The molecule has 0 bridgehead atoms. The number of fused-ring (bicyclic) bond motifs is 1. The molecule has 0 saturated heterocycles. The fourth-order valence-corrected chi connectivity index (χ4v) is 1.81. The predicted octanol–water partition coefficient (Wildman–Crippen LogP) is 1.34. The van der Waals surface area contributed by atoms with Crippen molar-refractivity contribution in [2.75, 3.05) is 5.73 Å². The van der Waals surface area contributed by atoms with Crippen LogP contribution in [0.5, 0.6) is 0 Å². The first-order chi connectivity index (χ1) is 8.75. The Balaban J connectivity index is 2.10. The van der Waals surface area contributed by atoms with Crippen molar-refractivity contribution >= 4 is 17.1 Å². The van der Waals surface area contributed by atoms with Gasteiger partial charge in [0.25, 0.3) is 5.65 Å². The highest BCUT2D eigenvalue weighted by Gasteiger charge is 2.21. The number of alkyl halides is 1. The van der Waals surface area contributed by atoms with Crippen LogP contribution >= 0.6 is 0 Å². The highest BCUT2D eigenvalue weighted by Crippen LogP contribution is 2.15. The summed E-state index contributed by atoms with van der Waals surface area (Å²) >= 11 is 0. The molecular weight excluding hydrogens is 233 g/mol. The van der Waals surface area contributed by atoms with E-state index in [1.165, 1.54) is 10.9 Å². The number of anilines is 1. The molecule has 90 valence electrons. The van der Waals surface area contributed by atoms with E-state index in [2.05, 4.69) is 15.0 Å². The van der Waals surface area contributed by atoms with Gasteiger partial charge in [0.15, 0.2) is 0 Å². The minimum atomic E-state index is -1.37. The maximum atomic E-state index is 14.4. The smallest absolute Gasteiger partial charge is 0.340 e. The molecule has 6 heteroatoms. The fourth-order valence-electron chi connectivity index (χ4n) is 1.81. The van der Waals surface area contributed by atoms with Crippen molar-refractivity contribution in [1.82, 2.24) is 15.0 Å². The van der Waals surface area contributed by atoms with Crippen molar-refractivity contribution in [3.8, 4) is 0 Å². The fraction of sp³-hybridized carbons (Fsp3) is 0.0833. The zero-order valence-corrected chi connectivity index (χ0v) is 9.42. The van der Waals surface area contributed by atoms with E-state index in [9.17, 15) is 4.39 Å². The Morgan fingerprint density at radius 2 is 2.06 bits per heavy atom. The number of aromatic amines is 1. The van der Waals surface area contributed by atoms with Crippen LogP contribution < -0.4 is 10.3 Å². The van der Waals surface area contributed by atoms with Gasteiger partial charge in [-0.1, -0.05) is 30.3 Å². The minimum absolute atomic E-state index is 0.0888. The summed E-state index contributed by atoms with van der Waals surface area (Å²) in [6, 6.07) is 8.80. The molecule has 0 aliphatic heterocycles. The number of H-pyrrole nitrogens is 1. The van der Waals surface area contributed by atoms with E-state index in [0.717, 1.165) is 0 Å². The average molecular weight is 244 g/mol. The summed E-state index contributed by atoms with van der Waals surface area (Å²) in [5.41, 5.74) is 7.38. The summed E-state index contributed by atoms with van der Waals surface area (Å²) in [5, 5.41) is 0. The van der Waals surface area contributed by atoms with Crippen LogP contribution in [0.4, 0.5) is 10.3 Å². The molecule has 0 radical (unpaired) electrons. The van der Waals surface area contributed by atoms with Gasteiger partial charge in [-0.05, 0) is 4.98 Å². The summed E-state index contributed by atoms with van der Waals surface area (Å²) in [4.78, 5) is 10.9. The number of benzene rings is 1. The number of nitrogens with two attached hydrogens (primary N) is 1. The Morgan fingerprint density at radius 3 is 2.83 bits per heavy atom. The molecule has 3 N–H and O–H groups in total. The lowest BCUT2D eigenvalue weighted by atomic mass is 10.2. The molecule has 0 spiro atoms. The second-order valence-corrected chi connectivity index (χ2v) is 3.89. The number of nitrogen functional groups attached to an aromatic ring is 1. The van der Waals surface area contributed by atoms with E-state index in [-0.39, 0.29) is 5.95 Å². The zero-order valence-electron chi connectivity index (χ0n) is 9.42. The number of nitrogens with one attached hydrogen (secondary N) is 1. The van der Waals surface area contributed by atoms with E-state index in [0.29, 0.717) is 16.7 Å². The normalized spacial score (nSPS) is 12.7. The first-order valence-corrected chi connectivity index (χ1v) is 5.45. The molecule has 2 aromatic heterocycles. The van der Waals surface area contributed by atoms with Gasteiger partial charge in [-0.2, -0.15) is 8.96 Å². The van der Waals surface area contributed by atoms with Gasteiger partial charge in [0.1, 0.15) is 5.52 Å². The van der Waals surface area contributed by atoms with Crippen LogP contribution in [0.15, 0.2) is 42.9 Å². The molecule has 5 nitrogen and oxygen atoms in total. The summed E-state index contributed by atoms with van der Waals surface area (Å²) in [6.07, 6.45) is 1.70. The number of hydrogen-bond acceptors (Lipinski definition) is 3. The summed E-state index contributed by atoms with van der Waals surface area (Å²) in [6.45, 7) is 0. The van der Waals surface area contributed by atoms with Gasteiger partial charge >= 0.3 is 5.95 Å². The lowest BCUT2D eigenvalue weighted by Gasteiger charge is -2.08. The SMILES string of the molecule is Nc1nc2nc[nH]c2c[n+]1C(F)c1ccccc1. The van der Waals surface area contributed by atoms with Crippen LogP contribution in [0.3, 0.4) is 0 Å². The summed E-state index contributed by atoms with van der Waals surface area (Å²) < 4.78 is 15.6. The number of rotatable bonds is 2. The van der Waals surface area contributed by atoms with Crippen LogP contribution in [0.1, 0.15) is 11.9 Å². The van der Waals surface area contributed by atoms with E-state index >= 15 is 0 Å². The lowest BCUT2D eigenvalue weighted by molar-refractivity contribution is -0.725. The standard InChI is InChI=1S/C12H10FN5/c13-10(8-4-2-1-3-5-8)18-6-9-11(16-7-15-9)17-12(18)14/h1-7,10H,(H2,14,15,16,17)/p+1. The molecule has 0 saturated carbocycles. The molecule has 2 heterocycles. The molecule has 0 aliphatic rings. The second-order valence-electron chi connectivity index (χ2n) is 3.89. The maximum Gasteiger partial charge on any atom is 0.394 e. The maximum absolute atomic E-state index is 14.4. The largest absolute Gasteiger partial charge is 0.394 e. The number of nitrogens with zero attached hydrogens (tertiary/aromatic N) is 3. The third-order valence-corrected chi connectivity index (χ3v) is 2.72. The van der Waals surface area contributed by atoms with Crippen LogP contribution in [0, 0.1) is 0 Å². The Morgan fingerprint density at radius 1 is 1.28 bits per heavy atom. The second kappa shape index (κ2) is 4.06. The third-order valence-electron chi connectivity index (χ3n) is 2.72. The van der Waals surface area contributed by atoms with Gasteiger partial charge in [0.2, 0.25) is 6.30 Å². The lowest BCUT2D eigenvalue weighted by Crippen LogP contribution is -2.41. The molecule has 3 aromatic rings. The molecule has 0 amide bonds. The molecule has 1 unspecified atom stereocenters. The number of hydrogen-bond donors (Lipinski definition) is 2. The van der Waals surface area contributed by atoms with Crippen molar-refractivity contribution in [2.24, 2.45) is 0 Å². The zero-order chi connectivity index (χ0) is 12.5. The van der Waals surface area contributed by atoms with Gasteiger partial charge in [0, 0.05) is 5.56 Å². The average Bonchev–Trinajstić information content (AvgIpc) is 2.85. The van der Waals surface area contributed by atoms with Crippen LogP contribution in [0.2, 0.25) is 0 Å². The van der Waals surface area contributed by atoms with E-state index in [1.54, 1.807) is 30.5 Å². The Kier molecular flexibility index (Phi) is 2.40. The van der Waals surface area contributed by atoms with E-state index in [4.69, 9.17) is 5.73 Å². The Bertz CT molecular complexity index is 679. The molecule has 1 aromatic carbocycles. The Hall–Kier alpha value is -2.50. The van der Waals surface area contributed by atoms with E-state index in [1.807, 2.05) is 6.07 Å². The minimum Gasteiger partial charge on any atom is -0.340 e. The number of imidazole rings is 1. The Labute approximate surface area is 102 Å². The van der Waals surface area contributed by atoms with E-state index < -0.39 is 6.30 Å². The topological polar surface area (TPSA) is 71.5 Å². The van der Waals surface area contributed by atoms with Crippen LogP contribution in [-0.4, -0.2) is 15.0 Å². The predicted molar refractivity (Wildman–Crippen MR) is 64.2 cm³/mol. The van der Waals surface area contributed by atoms with Crippen LogP contribution in [0.25, 0.3) is 11.2 Å². The van der Waals surface area contributed by atoms with Crippen molar-refractivity contribution in [3.05, 3.63) is 48.4 Å². The monoisotopic (exact) mass is 244 g/mol. The summed E-state index contributed by atoms with van der Waals surface area (Å²) in [7, 11) is 0. The molecular formula is C12H11FN5+. The number of halogens is 1. The van der Waals surface area contributed by atoms with Crippen molar-refractivity contribution in [2.45, 2.75) is 6.30 Å². The molecule has 0 fully saturated rings. The van der Waals surface area contributed by atoms with Gasteiger partial charge in [-0.3, -0.25) is 5.73 Å². The van der Waals surface area contributed by atoms with Crippen molar-refractivity contribution in [1.29, 1.82) is 0 Å². The van der Waals surface area contributed by atoms with Crippen molar-refractivity contribution < 1.29 is 8.96 Å². The number of aromatic nitrogens is 4. The quantitative estimate of drug-likeness (QED) is 0.668. The molecule has 3 rings (SSSR count). The highest BCUT2D eigenvalue weighted by molar-refractivity contribution is 5.68. The first kappa shape index (κ1) is 10.6. The molecule has 18 heavy (non-hydrogen) atoms. The van der Waals surface area contributed by atoms with Gasteiger partial charge in [-0.15, -0.1) is 0 Å². The van der Waals surface area contributed by atoms with Gasteiger partial charge < -0.3 is 4.98 Å². The first-order valence-electron chi connectivity index (χ1n) is 5.45. The van der Waals surface area contributed by atoms with Crippen molar-refractivity contribution in [3.63, 3.8) is 0 Å². The molecule has 1 atom stereocenters.